The van der Waals surface area contributed by atoms with Crippen LogP contribution in [0.15, 0.2) is 48.5 Å². The summed E-state index contributed by atoms with van der Waals surface area (Å²) in [6.45, 7) is 3.53. The number of carboxylic acid groups (broad SMARTS) is 1. The molecule has 2 aromatic rings. The lowest BCUT2D eigenvalue weighted by Crippen LogP contribution is -2.71. The van der Waals surface area contributed by atoms with Gasteiger partial charge in [-0.1, -0.05) is 12.1 Å². The summed E-state index contributed by atoms with van der Waals surface area (Å²) in [5.74, 6) is -1.55. The molecule has 1 unspecified atom stereocenters. The van der Waals surface area contributed by atoms with E-state index in [-0.39, 0.29) is 11.7 Å². The summed E-state index contributed by atoms with van der Waals surface area (Å²) >= 11 is 1.35. The van der Waals surface area contributed by atoms with Gasteiger partial charge in [0.2, 0.25) is 11.8 Å². The van der Waals surface area contributed by atoms with E-state index in [0.29, 0.717) is 11.1 Å². The smallest absolute Gasteiger partial charge is 0.337 e. The number of nitrogens with two attached hydrogens (primary N) is 1. The van der Waals surface area contributed by atoms with E-state index in [1.807, 2.05) is 0 Å². The molecule has 2 saturated heterocycles. The van der Waals surface area contributed by atoms with Crippen molar-refractivity contribution in [3.63, 3.8) is 0 Å². The molecule has 12 heteroatoms. The summed E-state index contributed by atoms with van der Waals surface area (Å²) in [5.41, 5.74) is 6.94. The van der Waals surface area contributed by atoms with Gasteiger partial charge in [-0.3, -0.25) is 9.59 Å². The minimum atomic E-state index is -1.06. The van der Waals surface area contributed by atoms with E-state index >= 15 is 0 Å². The van der Waals surface area contributed by atoms with Crippen LogP contribution >= 0.6 is 11.8 Å². The molecule has 37 heavy (non-hydrogen) atoms. The van der Waals surface area contributed by atoms with Crippen molar-refractivity contribution in [2.75, 3.05) is 14.2 Å². The SMILES string of the molecule is CC1(C)S[C@@H]2[C@H](NC(=O)C(N)c3ccc(O)cc3)C(=O)N2[C@H]1C(=O)O.COC(=O)c1ccc(OC)cc1. The zero-order chi connectivity index (χ0) is 27.5. The number of nitrogens with one attached hydrogen (secondary N) is 1. The third-order valence-electron chi connectivity index (χ3n) is 6.02. The van der Waals surface area contributed by atoms with Crippen LogP contribution < -0.4 is 15.8 Å². The number of phenolic OH excluding ortho intramolecular Hbond substituents is 1. The highest BCUT2D eigenvalue weighted by atomic mass is 32.2. The van der Waals surface area contributed by atoms with Gasteiger partial charge >= 0.3 is 11.9 Å². The van der Waals surface area contributed by atoms with Crippen molar-refractivity contribution in [3.05, 3.63) is 59.7 Å². The summed E-state index contributed by atoms with van der Waals surface area (Å²) in [6, 6.07) is 9.95. The molecule has 2 amide bonds. The number of carboxylic acids is 1. The largest absolute Gasteiger partial charge is 0.508 e. The molecule has 0 radical (unpaired) electrons. The fourth-order valence-electron chi connectivity index (χ4n) is 4.07. The summed E-state index contributed by atoms with van der Waals surface area (Å²) in [6.07, 6.45) is 0. The van der Waals surface area contributed by atoms with Crippen molar-refractivity contribution in [1.29, 1.82) is 0 Å². The molecule has 198 valence electrons. The minimum absolute atomic E-state index is 0.0606. The van der Waals surface area contributed by atoms with E-state index in [2.05, 4.69) is 10.1 Å². The zero-order valence-electron chi connectivity index (χ0n) is 20.7. The molecule has 2 fully saturated rings. The van der Waals surface area contributed by atoms with Crippen molar-refractivity contribution >= 4 is 35.5 Å². The van der Waals surface area contributed by atoms with Gasteiger partial charge in [-0.25, -0.2) is 9.59 Å². The summed E-state index contributed by atoms with van der Waals surface area (Å²) < 4.78 is 8.81. The van der Waals surface area contributed by atoms with Crippen molar-refractivity contribution in [3.8, 4) is 11.5 Å². The Morgan fingerprint density at radius 2 is 1.68 bits per heavy atom. The second-order valence-corrected chi connectivity index (χ2v) is 10.6. The average Bonchev–Trinajstić information content (AvgIpc) is 3.14. The highest BCUT2D eigenvalue weighted by Crippen LogP contribution is 2.50. The Morgan fingerprint density at radius 3 is 2.19 bits per heavy atom. The lowest BCUT2D eigenvalue weighted by Gasteiger charge is -2.43. The summed E-state index contributed by atoms with van der Waals surface area (Å²) in [4.78, 5) is 48.4. The van der Waals surface area contributed by atoms with Crippen LogP contribution in [0.1, 0.15) is 35.8 Å². The van der Waals surface area contributed by atoms with E-state index in [1.54, 1.807) is 45.2 Å². The van der Waals surface area contributed by atoms with Crippen LogP contribution in [0.4, 0.5) is 0 Å². The number of esters is 1. The predicted octanol–water partition coefficient (Wildman–Crippen LogP) is 1.51. The number of hydrogen-bond acceptors (Lipinski definition) is 9. The van der Waals surface area contributed by atoms with Gasteiger partial charge in [0.05, 0.1) is 19.8 Å². The van der Waals surface area contributed by atoms with Crippen LogP contribution in [0.25, 0.3) is 0 Å². The maximum Gasteiger partial charge on any atom is 0.337 e. The van der Waals surface area contributed by atoms with Crippen LogP contribution in [-0.2, 0) is 19.1 Å². The Hall–Kier alpha value is -3.77. The molecule has 11 nitrogen and oxygen atoms in total. The molecular formula is C25H29N3O8S. The van der Waals surface area contributed by atoms with Crippen molar-refractivity contribution in [2.45, 2.75) is 42.1 Å². The zero-order valence-corrected chi connectivity index (χ0v) is 21.5. The molecule has 0 spiro atoms. The number of methoxy groups -OCH3 is 2. The van der Waals surface area contributed by atoms with Gasteiger partial charge in [0.25, 0.3) is 0 Å². The highest BCUT2D eigenvalue weighted by Gasteiger charge is 2.64. The number of thioether (sulfide) groups is 1. The van der Waals surface area contributed by atoms with Gasteiger partial charge in [-0.05, 0) is 55.8 Å². The van der Waals surface area contributed by atoms with Gasteiger partial charge in [0.15, 0.2) is 0 Å². The Kier molecular flexibility index (Phi) is 8.34. The number of nitrogens with zero attached hydrogens (tertiary/aromatic N) is 1. The molecule has 5 N–H and O–H groups in total. The number of phenols is 1. The van der Waals surface area contributed by atoms with Gasteiger partial charge in [-0.2, -0.15) is 0 Å². The average molecular weight is 532 g/mol. The number of fused-ring (bicyclic) bond motifs is 1. The molecule has 0 bridgehead atoms. The van der Waals surface area contributed by atoms with Crippen LogP contribution in [0.5, 0.6) is 11.5 Å². The molecule has 2 aliphatic heterocycles. The summed E-state index contributed by atoms with van der Waals surface area (Å²) in [7, 11) is 2.93. The highest BCUT2D eigenvalue weighted by molar-refractivity contribution is 8.01. The molecular weight excluding hydrogens is 502 g/mol. The number of carbonyl (C=O) groups is 4. The van der Waals surface area contributed by atoms with E-state index in [1.165, 1.54) is 48.0 Å². The first-order valence-electron chi connectivity index (χ1n) is 11.2. The third-order valence-corrected chi connectivity index (χ3v) is 7.59. The fourth-order valence-corrected chi connectivity index (χ4v) is 5.69. The summed E-state index contributed by atoms with van der Waals surface area (Å²) in [5, 5.41) is 20.9. The second kappa shape index (κ2) is 11.1. The first-order chi connectivity index (χ1) is 17.4. The normalized spacial score (nSPS) is 21.9. The Labute approximate surface area is 217 Å². The van der Waals surface area contributed by atoms with Crippen molar-refractivity contribution < 1.29 is 38.9 Å². The van der Waals surface area contributed by atoms with Gasteiger partial charge < -0.3 is 35.6 Å². The second-order valence-electron chi connectivity index (χ2n) is 8.87. The number of aromatic hydroxyl groups is 1. The van der Waals surface area contributed by atoms with Gasteiger partial charge in [0.1, 0.15) is 35.0 Å². The van der Waals surface area contributed by atoms with Gasteiger partial charge in [0, 0.05) is 4.75 Å². The number of carbonyl (C=O) groups excluding carboxylic acids is 3. The molecule has 2 aromatic carbocycles. The van der Waals surface area contributed by atoms with Crippen LogP contribution in [0, 0.1) is 0 Å². The third kappa shape index (κ3) is 5.81. The minimum Gasteiger partial charge on any atom is -0.508 e. The quantitative estimate of drug-likeness (QED) is 0.317. The standard InChI is InChI=1S/C16H19N3O5S.C9H10O3/c1-16(2)11(15(23)24)19-13(22)10(14(19)25-16)18-12(21)9(17)7-3-5-8(20)6-4-7;1-11-8-5-3-7(4-6-8)9(10)12-2/h3-6,9-11,14,20H,17H2,1-2H3,(H,18,21)(H,23,24);3-6H,1-2H3/t9?,10-,11+,14-;/m1./s1. The van der Waals surface area contributed by atoms with Gasteiger partial charge in [-0.15, -0.1) is 11.8 Å². The topological polar surface area (TPSA) is 168 Å². The first-order valence-corrected chi connectivity index (χ1v) is 12.1. The first kappa shape index (κ1) is 27.8. The number of ether oxygens (including phenoxy) is 2. The lowest BCUT2D eigenvalue weighted by molar-refractivity contribution is -0.161. The fraction of sp³-hybridized carbons (Fsp3) is 0.360. The van der Waals surface area contributed by atoms with Crippen molar-refractivity contribution in [2.24, 2.45) is 5.73 Å². The monoisotopic (exact) mass is 531 g/mol. The molecule has 0 aromatic heterocycles. The maximum atomic E-state index is 12.3. The molecule has 0 saturated carbocycles. The van der Waals surface area contributed by atoms with Crippen LogP contribution in [-0.4, -0.2) is 75.3 Å². The molecule has 0 aliphatic carbocycles. The number of hydrogen-bond donors (Lipinski definition) is 4. The number of rotatable bonds is 6. The van der Waals surface area contributed by atoms with E-state index in [4.69, 9.17) is 10.5 Å². The van der Waals surface area contributed by atoms with Crippen molar-refractivity contribution in [1.82, 2.24) is 10.2 Å². The molecule has 4 atom stereocenters. The van der Waals surface area contributed by atoms with E-state index < -0.39 is 46.0 Å². The van der Waals surface area contributed by atoms with Crippen LogP contribution in [0.2, 0.25) is 0 Å². The number of amides is 2. The molecule has 2 heterocycles. The number of β-lactam (4-membered cyclic amide) rings is 1. The lowest BCUT2D eigenvalue weighted by atomic mass is 9.95. The molecule has 4 rings (SSSR count). The Bertz CT molecular complexity index is 1170. The van der Waals surface area contributed by atoms with E-state index in [9.17, 15) is 29.4 Å². The number of benzene rings is 2. The van der Waals surface area contributed by atoms with E-state index in [0.717, 1.165) is 5.75 Å². The predicted molar refractivity (Wildman–Crippen MR) is 135 cm³/mol. The maximum absolute atomic E-state index is 12.3. The van der Waals surface area contributed by atoms with Crippen LogP contribution in [0.3, 0.4) is 0 Å². The molecule has 2 aliphatic rings. The Balaban J connectivity index is 0.000000266. The number of aliphatic carboxylic acids is 1. The Morgan fingerprint density at radius 1 is 1.08 bits per heavy atom.